The van der Waals surface area contributed by atoms with E-state index >= 15 is 0 Å². The van der Waals surface area contributed by atoms with Crippen LogP contribution in [0.2, 0.25) is 0 Å². The standard InChI is InChI=1S/C15H18N2O3/c1-10(18-2)11-5-7-12(8-6-11)13-9-16-15(20-4)17-14(13)19-3/h5-10H,1-4H3. The molecule has 0 saturated carbocycles. The third-order valence-electron chi connectivity index (χ3n) is 3.15. The van der Waals surface area contributed by atoms with Crippen molar-refractivity contribution in [2.45, 2.75) is 13.0 Å². The molecular formula is C15H18N2O3. The molecule has 0 aliphatic carbocycles. The molecule has 0 N–H and O–H groups in total. The minimum absolute atomic E-state index is 0.0677. The molecule has 0 bridgehead atoms. The Morgan fingerprint density at radius 3 is 2.25 bits per heavy atom. The fraction of sp³-hybridized carbons (Fsp3) is 0.333. The van der Waals surface area contributed by atoms with Crippen molar-refractivity contribution >= 4 is 0 Å². The summed E-state index contributed by atoms with van der Waals surface area (Å²) in [5, 5.41) is 0. The summed E-state index contributed by atoms with van der Waals surface area (Å²) in [6, 6.07) is 8.33. The summed E-state index contributed by atoms with van der Waals surface area (Å²) in [7, 11) is 4.79. The zero-order valence-electron chi connectivity index (χ0n) is 12.1. The van der Waals surface area contributed by atoms with Gasteiger partial charge in [0.2, 0.25) is 5.88 Å². The van der Waals surface area contributed by atoms with Crippen molar-refractivity contribution in [1.29, 1.82) is 0 Å². The maximum Gasteiger partial charge on any atom is 0.319 e. The fourth-order valence-corrected chi connectivity index (χ4v) is 1.87. The summed E-state index contributed by atoms with van der Waals surface area (Å²) in [4.78, 5) is 8.30. The van der Waals surface area contributed by atoms with Gasteiger partial charge in [0.25, 0.3) is 0 Å². The first-order chi connectivity index (χ1) is 9.69. The molecule has 1 heterocycles. The molecule has 0 fully saturated rings. The fourth-order valence-electron chi connectivity index (χ4n) is 1.87. The van der Waals surface area contributed by atoms with Gasteiger partial charge >= 0.3 is 6.01 Å². The van der Waals surface area contributed by atoms with Gasteiger partial charge in [-0.3, -0.25) is 0 Å². The molecule has 0 aliphatic heterocycles. The van der Waals surface area contributed by atoms with E-state index in [1.807, 2.05) is 31.2 Å². The van der Waals surface area contributed by atoms with E-state index < -0.39 is 0 Å². The van der Waals surface area contributed by atoms with Crippen molar-refractivity contribution in [3.05, 3.63) is 36.0 Å². The van der Waals surface area contributed by atoms with Gasteiger partial charge in [0.05, 0.1) is 25.9 Å². The largest absolute Gasteiger partial charge is 0.480 e. The van der Waals surface area contributed by atoms with E-state index in [0.29, 0.717) is 5.88 Å². The molecule has 20 heavy (non-hydrogen) atoms. The summed E-state index contributed by atoms with van der Waals surface area (Å²) < 4.78 is 15.6. The van der Waals surface area contributed by atoms with Crippen LogP contribution in [0.25, 0.3) is 11.1 Å². The van der Waals surface area contributed by atoms with Gasteiger partial charge < -0.3 is 14.2 Å². The molecule has 2 aromatic rings. The van der Waals surface area contributed by atoms with Crippen molar-refractivity contribution < 1.29 is 14.2 Å². The molecule has 106 valence electrons. The zero-order chi connectivity index (χ0) is 14.5. The average Bonchev–Trinajstić information content (AvgIpc) is 2.53. The lowest BCUT2D eigenvalue weighted by atomic mass is 10.0. The molecule has 1 aromatic heterocycles. The van der Waals surface area contributed by atoms with Gasteiger partial charge in [-0.2, -0.15) is 4.98 Å². The number of benzene rings is 1. The maximum atomic E-state index is 5.29. The molecule has 5 heteroatoms. The van der Waals surface area contributed by atoms with Gasteiger partial charge in [-0.1, -0.05) is 24.3 Å². The molecule has 0 spiro atoms. The molecule has 5 nitrogen and oxygen atoms in total. The summed E-state index contributed by atoms with van der Waals surface area (Å²) in [5.74, 6) is 0.490. The predicted octanol–water partition coefficient (Wildman–Crippen LogP) is 2.87. The van der Waals surface area contributed by atoms with Gasteiger partial charge in [-0.15, -0.1) is 0 Å². The predicted molar refractivity (Wildman–Crippen MR) is 76.0 cm³/mol. The minimum Gasteiger partial charge on any atom is -0.480 e. The first-order valence-electron chi connectivity index (χ1n) is 6.27. The monoisotopic (exact) mass is 274 g/mol. The Labute approximate surface area is 118 Å². The third-order valence-corrected chi connectivity index (χ3v) is 3.15. The smallest absolute Gasteiger partial charge is 0.319 e. The van der Waals surface area contributed by atoms with Crippen LogP contribution in [0.1, 0.15) is 18.6 Å². The van der Waals surface area contributed by atoms with Crippen LogP contribution in [-0.4, -0.2) is 31.3 Å². The second-order valence-corrected chi connectivity index (χ2v) is 4.28. The highest BCUT2D eigenvalue weighted by molar-refractivity contribution is 5.68. The summed E-state index contributed by atoms with van der Waals surface area (Å²) >= 11 is 0. The second kappa shape index (κ2) is 6.34. The van der Waals surface area contributed by atoms with Gasteiger partial charge in [-0.25, -0.2) is 4.98 Å². The summed E-state index contributed by atoms with van der Waals surface area (Å²) in [6.45, 7) is 2.01. The summed E-state index contributed by atoms with van der Waals surface area (Å²) in [6.07, 6.45) is 1.76. The first-order valence-corrected chi connectivity index (χ1v) is 6.27. The second-order valence-electron chi connectivity index (χ2n) is 4.28. The zero-order valence-corrected chi connectivity index (χ0v) is 12.1. The van der Waals surface area contributed by atoms with E-state index in [9.17, 15) is 0 Å². The van der Waals surface area contributed by atoms with E-state index in [2.05, 4.69) is 9.97 Å². The van der Waals surface area contributed by atoms with Crippen LogP contribution < -0.4 is 9.47 Å². The number of hydrogen-bond acceptors (Lipinski definition) is 5. The normalized spacial score (nSPS) is 12.0. The Bertz CT molecular complexity index is 570. The van der Waals surface area contributed by atoms with Crippen LogP contribution in [0.15, 0.2) is 30.5 Å². The van der Waals surface area contributed by atoms with Crippen LogP contribution >= 0.6 is 0 Å². The Hall–Kier alpha value is -2.14. The Morgan fingerprint density at radius 1 is 1.00 bits per heavy atom. The van der Waals surface area contributed by atoms with Crippen molar-refractivity contribution in [1.82, 2.24) is 9.97 Å². The average molecular weight is 274 g/mol. The Balaban J connectivity index is 2.36. The van der Waals surface area contributed by atoms with E-state index in [1.165, 1.54) is 7.11 Å². The SMILES string of the molecule is COc1ncc(-c2ccc(C(C)OC)cc2)c(OC)n1. The first kappa shape index (κ1) is 14.3. The quantitative estimate of drug-likeness (QED) is 0.839. The maximum absolute atomic E-state index is 5.29. The third kappa shape index (κ3) is 2.88. The number of methoxy groups -OCH3 is 3. The number of rotatable bonds is 5. The van der Waals surface area contributed by atoms with Gasteiger partial charge in [0.1, 0.15) is 0 Å². The Morgan fingerprint density at radius 2 is 1.70 bits per heavy atom. The highest BCUT2D eigenvalue weighted by Gasteiger charge is 2.11. The van der Waals surface area contributed by atoms with Crippen molar-refractivity contribution in [3.8, 4) is 23.0 Å². The minimum atomic E-state index is 0.0677. The molecule has 1 atom stereocenters. The van der Waals surface area contributed by atoms with Crippen LogP contribution in [0, 0.1) is 0 Å². The molecule has 0 radical (unpaired) electrons. The van der Waals surface area contributed by atoms with E-state index in [1.54, 1.807) is 20.4 Å². The van der Waals surface area contributed by atoms with Gasteiger partial charge in [-0.05, 0) is 18.1 Å². The van der Waals surface area contributed by atoms with Crippen LogP contribution in [0.3, 0.4) is 0 Å². The molecule has 0 saturated heterocycles. The van der Waals surface area contributed by atoms with Gasteiger partial charge in [0, 0.05) is 13.3 Å². The molecule has 1 aromatic carbocycles. The number of aromatic nitrogens is 2. The number of hydrogen-bond donors (Lipinski definition) is 0. The highest BCUT2D eigenvalue weighted by atomic mass is 16.5. The number of nitrogens with zero attached hydrogens (tertiary/aromatic N) is 2. The summed E-state index contributed by atoms with van der Waals surface area (Å²) in [5.41, 5.74) is 2.92. The Kier molecular flexibility index (Phi) is 4.53. The van der Waals surface area contributed by atoms with Crippen molar-refractivity contribution in [2.24, 2.45) is 0 Å². The van der Waals surface area contributed by atoms with Crippen LogP contribution in [0.4, 0.5) is 0 Å². The molecular weight excluding hydrogens is 256 g/mol. The van der Waals surface area contributed by atoms with Crippen molar-refractivity contribution in [3.63, 3.8) is 0 Å². The van der Waals surface area contributed by atoms with E-state index in [-0.39, 0.29) is 12.1 Å². The van der Waals surface area contributed by atoms with Crippen LogP contribution in [0.5, 0.6) is 11.9 Å². The van der Waals surface area contributed by atoms with Crippen LogP contribution in [-0.2, 0) is 4.74 Å². The van der Waals surface area contributed by atoms with Crippen molar-refractivity contribution in [2.75, 3.05) is 21.3 Å². The molecule has 2 rings (SSSR count). The number of ether oxygens (including phenoxy) is 3. The lowest BCUT2D eigenvalue weighted by molar-refractivity contribution is 0.119. The lowest BCUT2D eigenvalue weighted by Crippen LogP contribution is -1.98. The topological polar surface area (TPSA) is 53.5 Å². The van der Waals surface area contributed by atoms with E-state index in [4.69, 9.17) is 14.2 Å². The van der Waals surface area contributed by atoms with E-state index in [0.717, 1.165) is 16.7 Å². The van der Waals surface area contributed by atoms with Gasteiger partial charge in [0.15, 0.2) is 0 Å². The molecule has 0 amide bonds. The molecule has 1 unspecified atom stereocenters. The highest BCUT2D eigenvalue weighted by Crippen LogP contribution is 2.29. The lowest BCUT2D eigenvalue weighted by Gasteiger charge is -2.12. The molecule has 0 aliphatic rings.